The number of Topliss-reactive ketones (excluding diaryl/α,β-unsaturated/α-hetero) is 2. The van der Waals surface area contributed by atoms with Crippen LogP contribution < -0.4 is 0 Å². The lowest BCUT2D eigenvalue weighted by Crippen LogP contribution is -2.37. The molecule has 0 N–H and O–H groups in total. The van der Waals surface area contributed by atoms with Crippen LogP contribution in [0.1, 0.15) is 66.2 Å². The van der Waals surface area contributed by atoms with Gasteiger partial charge in [-0.25, -0.2) is 0 Å². The van der Waals surface area contributed by atoms with Crippen LogP contribution >= 0.6 is 11.8 Å². The summed E-state index contributed by atoms with van der Waals surface area (Å²) in [6.07, 6.45) is 4.25. The van der Waals surface area contributed by atoms with Gasteiger partial charge in [-0.1, -0.05) is 27.7 Å². The van der Waals surface area contributed by atoms with Gasteiger partial charge in [-0.15, -0.1) is 11.8 Å². The zero-order valence-corrected chi connectivity index (χ0v) is 17.8. The number of hydrogen-bond donors (Lipinski definition) is 0. The predicted molar refractivity (Wildman–Crippen MR) is 107 cm³/mol. The number of thioether (sulfide) groups is 1. The SMILES string of the molecule is CC(C)C(=O)CCSC1CC(=O)N(CC2CCC(C(=O)C(C)C)CC2)C1=O. The summed E-state index contributed by atoms with van der Waals surface area (Å²) < 4.78 is 0. The maximum Gasteiger partial charge on any atom is 0.242 e. The lowest BCUT2D eigenvalue weighted by Gasteiger charge is -2.30. The van der Waals surface area contributed by atoms with Gasteiger partial charge in [0, 0.05) is 42.9 Å². The highest BCUT2D eigenvalue weighted by Crippen LogP contribution is 2.33. The molecule has 5 nitrogen and oxygen atoms in total. The summed E-state index contributed by atoms with van der Waals surface area (Å²) in [5, 5.41) is -0.337. The Morgan fingerprint density at radius 3 is 2.22 bits per heavy atom. The Morgan fingerprint density at radius 1 is 1.04 bits per heavy atom. The van der Waals surface area contributed by atoms with E-state index in [1.54, 1.807) is 0 Å². The number of hydrogen-bond acceptors (Lipinski definition) is 5. The van der Waals surface area contributed by atoms with Gasteiger partial charge in [0.15, 0.2) is 0 Å². The van der Waals surface area contributed by atoms with E-state index in [0.717, 1.165) is 25.7 Å². The van der Waals surface area contributed by atoms with E-state index in [9.17, 15) is 19.2 Å². The van der Waals surface area contributed by atoms with E-state index in [4.69, 9.17) is 0 Å². The van der Waals surface area contributed by atoms with Gasteiger partial charge in [0.2, 0.25) is 11.8 Å². The summed E-state index contributed by atoms with van der Waals surface area (Å²) in [6, 6.07) is 0. The van der Waals surface area contributed by atoms with Crippen LogP contribution in [-0.2, 0) is 19.2 Å². The fourth-order valence-electron chi connectivity index (χ4n) is 3.92. The van der Waals surface area contributed by atoms with Crippen LogP contribution in [0.2, 0.25) is 0 Å². The third-order valence-corrected chi connectivity index (χ3v) is 6.98. The molecule has 1 saturated heterocycles. The second-order valence-electron chi connectivity index (χ2n) is 8.55. The molecule has 0 aromatic carbocycles. The molecule has 1 heterocycles. The molecule has 0 aromatic heterocycles. The maximum absolute atomic E-state index is 12.6. The fourth-order valence-corrected chi connectivity index (χ4v) is 5.06. The number of ketones is 2. The average Bonchev–Trinajstić information content (AvgIpc) is 2.89. The smallest absolute Gasteiger partial charge is 0.242 e. The number of amides is 2. The molecule has 27 heavy (non-hydrogen) atoms. The topological polar surface area (TPSA) is 71.5 Å². The molecule has 2 fully saturated rings. The number of carbonyl (C=O) groups excluding carboxylic acids is 4. The highest BCUT2D eigenvalue weighted by Gasteiger charge is 2.40. The van der Waals surface area contributed by atoms with Gasteiger partial charge < -0.3 is 0 Å². The standard InChI is InChI=1S/C21H33NO4S/c1-13(2)17(23)9-10-27-18-11-19(24)22(21(18)26)12-15-5-7-16(8-6-15)20(25)14(3)4/h13-16,18H,5-12H2,1-4H3. The summed E-state index contributed by atoms with van der Waals surface area (Å²) in [7, 11) is 0. The molecule has 1 unspecified atom stereocenters. The van der Waals surface area contributed by atoms with Gasteiger partial charge in [0.05, 0.1) is 5.25 Å². The second-order valence-corrected chi connectivity index (χ2v) is 9.86. The largest absolute Gasteiger partial charge is 0.299 e. The quantitative estimate of drug-likeness (QED) is 0.559. The molecule has 2 aliphatic rings. The molecule has 0 aromatic rings. The Bertz CT molecular complexity index is 579. The van der Waals surface area contributed by atoms with Gasteiger partial charge in [-0.2, -0.15) is 0 Å². The third-order valence-electron chi connectivity index (χ3n) is 5.77. The molecular formula is C21H33NO4S. The van der Waals surface area contributed by atoms with Crippen LogP contribution in [0.25, 0.3) is 0 Å². The Morgan fingerprint density at radius 2 is 1.67 bits per heavy atom. The zero-order chi connectivity index (χ0) is 20.1. The van der Waals surface area contributed by atoms with Crippen molar-refractivity contribution in [3.63, 3.8) is 0 Å². The van der Waals surface area contributed by atoms with Crippen molar-refractivity contribution in [2.75, 3.05) is 12.3 Å². The molecule has 0 radical (unpaired) electrons. The van der Waals surface area contributed by atoms with Gasteiger partial charge in [-0.3, -0.25) is 24.1 Å². The zero-order valence-electron chi connectivity index (χ0n) is 17.0. The lowest BCUT2D eigenvalue weighted by atomic mass is 9.77. The van der Waals surface area contributed by atoms with Crippen molar-refractivity contribution in [2.24, 2.45) is 23.7 Å². The van der Waals surface area contributed by atoms with Gasteiger partial charge in [-0.05, 0) is 31.6 Å². The molecular weight excluding hydrogens is 362 g/mol. The van der Waals surface area contributed by atoms with Crippen LogP contribution in [0.3, 0.4) is 0 Å². The highest BCUT2D eigenvalue weighted by atomic mass is 32.2. The molecule has 1 aliphatic heterocycles. The summed E-state index contributed by atoms with van der Waals surface area (Å²) in [5.74, 6) is 1.49. The molecule has 152 valence electrons. The molecule has 1 aliphatic carbocycles. The molecule has 2 rings (SSSR count). The first-order valence-corrected chi connectivity index (χ1v) is 11.3. The minimum Gasteiger partial charge on any atom is -0.299 e. The first kappa shape index (κ1) is 22.1. The highest BCUT2D eigenvalue weighted by molar-refractivity contribution is 8.00. The van der Waals surface area contributed by atoms with E-state index >= 15 is 0 Å². The Balaban J connectivity index is 1.79. The fraction of sp³-hybridized carbons (Fsp3) is 0.810. The van der Waals surface area contributed by atoms with Crippen LogP contribution in [0.4, 0.5) is 0 Å². The normalized spacial score (nSPS) is 26.3. The number of imide groups is 1. The molecule has 2 amide bonds. The monoisotopic (exact) mass is 395 g/mol. The van der Waals surface area contributed by atoms with Crippen LogP contribution in [0.5, 0.6) is 0 Å². The molecule has 1 atom stereocenters. The van der Waals surface area contributed by atoms with Crippen LogP contribution in [0.15, 0.2) is 0 Å². The molecule has 0 spiro atoms. The predicted octanol–water partition coefficient (Wildman–Crippen LogP) is 3.49. The van der Waals surface area contributed by atoms with Gasteiger partial charge in [0.1, 0.15) is 11.6 Å². The minimum absolute atomic E-state index is 0.0146. The number of rotatable bonds is 9. The number of carbonyl (C=O) groups is 4. The minimum atomic E-state index is -0.337. The van der Waals surface area contributed by atoms with Crippen LogP contribution in [-0.4, -0.2) is 45.8 Å². The summed E-state index contributed by atoms with van der Waals surface area (Å²) in [6.45, 7) is 8.14. The Hall–Kier alpha value is -1.17. The number of likely N-dealkylation sites (tertiary alicyclic amines) is 1. The number of nitrogens with zero attached hydrogens (tertiary/aromatic N) is 1. The first-order valence-electron chi connectivity index (χ1n) is 10.2. The second kappa shape index (κ2) is 9.85. The van der Waals surface area contributed by atoms with Crippen LogP contribution in [0, 0.1) is 23.7 Å². The van der Waals surface area contributed by atoms with Gasteiger partial charge >= 0.3 is 0 Å². The maximum atomic E-state index is 12.6. The van der Waals surface area contributed by atoms with Gasteiger partial charge in [0.25, 0.3) is 0 Å². The summed E-state index contributed by atoms with van der Waals surface area (Å²) in [5.41, 5.74) is 0. The third kappa shape index (κ3) is 5.90. The van der Waals surface area contributed by atoms with E-state index in [1.165, 1.54) is 16.7 Å². The van der Waals surface area contributed by atoms with Crippen molar-refractivity contribution in [2.45, 2.75) is 71.5 Å². The van der Waals surface area contributed by atoms with Crippen molar-refractivity contribution < 1.29 is 19.2 Å². The van der Waals surface area contributed by atoms with E-state index in [2.05, 4.69) is 0 Å². The van der Waals surface area contributed by atoms with E-state index in [0.29, 0.717) is 30.4 Å². The lowest BCUT2D eigenvalue weighted by molar-refractivity contribution is -0.139. The van der Waals surface area contributed by atoms with E-state index < -0.39 is 0 Å². The van der Waals surface area contributed by atoms with Crippen molar-refractivity contribution >= 4 is 35.1 Å². The van der Waals surface area contributed by atoms with Crippen molar-refractivity contribution in [3.05, 3.63) is 0 Å². The van der Waals surface area contributed by atoms with Crippen molar-refractivity contribution in [1.82, 2.24) is 4.90 Å². The molecule has 6 heteroatoms. The first-order chi connectivity index (χ1) is 12.7. The van der Waals surface area contributed by atoms with Crippen molar-refractivity contribution in [3.8, 4) is 0 Å². The molecule has 0 bridgehead atoms. The van der Waals surface area contributed by atoms with Crippen molar-refractivity contribution in [1.29, 1.82) is 0 Å². The molecule has 1 saturated carbocycles. The average molecular weight is 396 g/mol. The Kier molecular flexibility index (Phi) is 8.07. The van der Waals surface area contributed by atoms with E-state index in [-0.39, 0.29) is 47.0 Å². The summed E-state index contributed by atoms with van der Waals surface area (Å²) >= 11 is 1.44. The summed E-state index contributed by atoms with van der Waals surface area (Å²) in [4.78, 5) is 50.2. The Labute approximate surface area is 167 Å². The van der Waals surface area contributed by atoms with E-state index in [1.807, 2.05) is 27.7 Å².